The van der Waals surface area contributed by atoms with Crippen LogP contribution in [0.1, 0.15) is 31.1 Å². The Hall–Kier alpha value is -1.25. The number of rotatable bonds is 1. The predicted molar refractivity (Wildman–Crippen MR) is 59.8 cm³/mol. The summed E-state index contributed by atoms with van der Waals surface area (Å²) in [4.78, 5) is 11.5. The van der Waals surface area contributed by atoms with Gasteiger partial charge in [0.05, 0.1) is 5.56 Å². The second-order valence-electron chi connectivity index (χ2n) is 4.37. The second-order valence-corrected chi connectivity index (χ2v) is 4.37. The highest BCUT2D eigenvalue weighted by atomic mass is 16.6. The second kappa shape index (κ2) is 3.87. The van der Waals surface area contributed by atoms with E-state index in [4.69, 9.17) is 4.74 Å². The van der Waals surface area contributed by atoms with Crippen LogP contribution in [0.25, 0.3) is 0 Å². The van der Waals surface area contributed by atoms with Crippen molar-refractivity contribution in [3.05, 3.63) is 29.8 Å². The van der Waals surface area contributed by atoms with Crippen LogP contribution in [0.3, 0.4) is 0 Å². The predicted octanol–water partition coefficient (Wildman–Crippen LogP) is 0.900. The third-order valence-corrected chi connectivity index (χ3v) is 1.69. The minimum atomic E-state index is -0.429. The Balaban J connectivity index is 2.76. The number of carbonyl (C=O) groups is 1. The van der Waals surface area contributed by atoms with Gasteiger partial charge in [0.25, 0.3) is 0 Å². The van der Waals surface area contributed by atoms with Crippen molar-refractivity contribution in [2.45, 2.75) is 26.4 Å². The van der Waals surface area contributed by atoms with Crippen molar-refractivity contribution in [1.82, 2.24) is 0 Å². The largest absolute Gasteiger partial charge is 0.456 e. The van der Waals surface area contributed by atoms with E-state index in [2.05, 4.69) is 0 Å². The third-order valence-electron chi connectivity index (χ3n) is 1.69. The number of ether oxygens (including phenoxy) is 1. The van der Waals surface area contributed by atoms with Crippen molar-refractivity contribution in [3.8, 4) is 0 Å². The van der Waals surface area contributed by atoms with Crippen LogP contribution in [0.5, 0.6) is 0 Å². The summed E-state index contributed by atoms with van der Waals surface area (Å²) in [5.74, 6) is -0.266. The van der Waals surface area contributed by atoms with Gasteiger partial charge in [0.15, 0.2) is 0 Å². The minimum Gasteiger partial charge on any atom is -0.456 e. The molecule has 0 amide bonds. The van der Waals surface area contributed by atoms with Crippen LogP contribution in [-0.4, -0.2) is 19.4 Å². The molecule has 0 bridgehead atoms. The molecular formula is C11H15BO2. The summed E-state index contributed by atoms with van der Waals surface area (Å²) in [6.45, 7) is 5.58. The maximum atomic E-state index is 11.5. The summed E-state index contributed by atoms with van der Waals surface area (Å²) in [6.07, 6.45) is 0. The Morgan fingerprint density at radius 1 is 1.21 bits per heavy atom. The van der Waals surface area contributed by atoms with Gasteiger partial charge in [-0.05, 0) is 32.9 Å². The van der Waals surface area contributed by atoms with E-state index in [1.165, 1.54) is 0 Å². The fraction of sp³-hybridized carbons (Fsp3) is 0.364. The number of hydrogen-bond donors (Lipinski definition) is 0. The lowest BCUT2D eigenvalue weighted by Gasteiger charge is -2.19. The summed E-state index contributed by atoms with van der Waals surface area (Å²) >= 11 is 0. The lowest BCUT2D eigenvalue weighted by atomic mass is 9.95. The zero-order chi connectivity index (χ0) is 10.8. The van der Waals surface area contributed by atoms with Gasteiger partial charge in [0.2, 0.25) is 0 Å². The van der Waals surface area contributed by atoms with E-state index in [0.717, 1.165) is 5.46 Å². The van der Waals surface area contributed by atoms with Gasteiger partial charge >= 0.3 is 5.97 Å². The van der Waals surface area contributed by atoms with Crippen LogP contribution in [-0.2, 0) is 4.74 Å². The summed E-state index contributed by atoms with van der Waals surface area (Å²) in [5.41, 5.74) is 1.31. The van der Waals surface area contributed by atoms with Gasteiger partial charge in [0.1, 0.15) is 13.4 Å². The van der Waals surface area contributed by atoms with Crippen molar-refractivity contribution < 1.29 is 9.53 Å². The monoisotopic (exact) mass is 190 g/mol. The van der Waals surface area contributed by atoms with E-state index in [1.54, 1.807) is 12.1 Å². The Labute approximate surface area is 85.7 Å². The summed E-state index contributed by atoms with van der Waals surface area (Å²) in [7, 11) is 1.98. The molecule has 0 aliphatic carbocycles. The minimum absolute atomic E-state index is 0.266. The maximum absolute atomic E-state index is 11.5. The topological polar surface area (TPSA) is 26.3 Å². The molecular weight excluding hydrogens is 175 g/mol. The zero-order valence-corrected chi connectivity index (χ0v) is 9.13. The molecule has 1 aromatic rings. The maximum Gasteiger partial charge on any atom is 0.338 e. The normalized spacial score (nSPS) is 11.1. The van der Waals surface area contributed by atoms with E-state index < -0.39 is 5.60 Å². The molecule has 0 radical (unpaired) electrons. The SMILES string of the molecule is Bc1ccc(C(=O)OC(C)(C)C)cc1. The number of carbonyl (C=O) groups excluding carboxylic acids is 1. The molecule has 0 atom stereocenters. The highest BCUT2D eigenvalue weighted by Gasteiger charge is 2.17. The van der Waals surface area contributed by atoms with Gasteiger partial charge in [-0.3, -0.25) is 0 Å². The zero-order valence-electron chi connectivity index (χ0n) is 9.13. The first-order valence-corrected chi connectivity index (χ1v) is 4.68. The summed E-state index contributed by atoms with van der Waals surface area (Å²) in [6, 6.07) is 7.37. The molecule has 0 heterocycles. The van der Waals surface area contributed by atoms with Crippen LogP contribution in [0, 0.1) is 0 Å². The first-order valence-electron chi connectivity index (χ1n) is 4.68. The summed E-state index contributed by atoms with van der Waals surface area (Å²) in [5, 5.41) is 0. The number of hydrogen-bond acceptors (Lipinski definition) is 2. The van der Waals surface area contributed by atoms with Gasteiger partial charge < -0.3 is 4.74 Å². The van der Waals surface area contributed by atoms with E-state index in [-0.39, 0.29) is 5.97 Å². The average Bonchev–Trinajstić information content (AvgIpc) is 2.02. The van der Waals surface area contributed by atoms with Crippen LogP contribution >= 0.6 is 0 Å². The van der Waals surface area contributed by atoms with Crippen LogP contribution in [0.2, 0.25) is 0 Å². The molecule has 0 fully saturated rings. The molecule has 0 aromatic heterocycles. The molecule has 1 rings (SSSR count). The fourth-order valence-electron chi connectivity index (χ4n) is 1.03. The van der Waals surface area contributed by atoms with E-state index in [9.17, 15) is 4.79 Å². The molecule has 0 saturated heterocycles. The molecule has 3 heteroatoms. The molecule has 0 spiro atoms. The first-order chi connectivity index (χ1) is 6.38. The Bertz CT molecular complexity index is 322. The quantitative estimate of drug-likeness (QED) is 0.485. The molecule has 0 saturated carbocycles. The third kappa shape index (κ3) is 3.25. The molecule has 0 N–H and O–H groups in total. The van der Waals surface area contributed by atoms with Gasteiger partial charge in [-0.15, -0.1) is 0 Å². The van der Waals surface area contributed by atoms with E-state index >= 15 is 0 Å². The smallest absolute Gasteiger partial charge is 0.338 e. The van der Waals surface area contributed by atoms with Crippen molar-refractivity contribution in [2.75, 3.05) is 0 Å². The van der Waals surface area contributed by atoms with Crippen molar-refractivity contribution in [1.29, 1.82) is 0 Å². The van der Waals surface area contributed by atoms with Crippen molar-refractivity contribution in [2.24, 2.45) is 0 Å². The highest BCUT2D eigenvalue weighted by Crippen LogP contribution is 2.10. The van der Waals surface area contributed by atoms with Gasteiger partial charge in [-0.1, -0.05) is 17.6 Å². The van der Waals surface area contributed by atoms with Gasteiger partial charge in [0, 0.05) is 0 Å². The van der Waals surface area contributed by atoms with Crippen LogP contribution < -0.4 is 5.46 Å². The summed E-state index contributed by atoms with van der Waals surface area (Å²) < 4.78 is 5.22. The molecule has 2 nitrogen and oxygen atoms in total. The molecule has 0 unspecified atom stereocenters. The lowest BCUT2D eigenvalue weighted by molar-refractivity contribution is 0.00696. The van der Waals surface area contributed by atoms with Crippen molar-refractivity contribution in [3.63, 3.8) is 0 Å². The van der Waals surface area contributed by atoms with Gasteiger partial charge in [-0.2, -0.15) is 0 Å². The molecule has 0 aliphatic rings. The molecule has 14 heavy (non-hydrogen) atoms. The van der Waals surface area contributed by atoms with E-state index in [1.807, 2.05) is 40.8 Å². The average molecular weight is 190 g/mol. The Kier molecular flexibility index (Phi) is 2.99. The van der Waals surface area contributed by atoms with Crippen molar-refractivity contribution >= 4 is 19.3 Å². The standard InChI is InChI=1S/C11H15BO2/c1-11(2,3)14-10(13)8-4-6-9(12)7-5-8/h4-7H,12H2,1-3H3. The van der Waals surface area contributed by atoms with Crippen LogP contribution in [0.15, 0.2) is 24.3 Å². The highest BCUT2D eigenvalue weighted by molar-refractivity contribution is 6.32. The molecule has 1 aromatic carbocycles. The Morgan fingerprint density at radius 3 is 2.14 bits per heavy atom. The number of benzene rings is 1. The first kappa shape index (κ1) is 10.8. The molecule has 74 valence electrons. The lowest BCUT2D eigenvalue weighted by Crippen LogP contribution is -2.24. The fourth-order valence-corrected chi connectivity index (χ4v) is 1.03. The van der Waals surface area contributed by atoms with E-state index in [0.29, 0.717) is 5.56 Å². The van der Waals surface area contributed by atoms with Crippen LogP contribution in [0.4, 0.5) is 0 Å². The number of esters is 1. The molecule has 0 aliphatic heterocycles. The van der Waals surface area contributed by atoms with Gasteiger partial charge in [-0.25, -0.2) is 4.79 Å². The Morgan fingerprint density at radius 2 is 1.71 bits per heavy atom.